The first-order valence-corrected chi connectivity index (χ1v) is 6.24. The third kappa shape index (κ3) is 3.13. The normalized spacial score (nSPS) is 28.4. The summed E-state index contributed by atoms with van der Waals surface area (Å²) in [7, 11) is 0. The molecular weight excluding hydrogens is 236 g/mol. The lowest BCUT2D eigenvalue weighted by Crippen LogP contribution is -2.60. The predicted octanol–water partition coefficient (Wildman–Crippen LogP) is 0.511. The first kappa shape index (κ1) is 13.1. The molecule has 2 saturated heterocycles. The minimum Gasteiger partial charge on any atom is -0.444 e. The predicted molar refractivity (Wildman–Crippen MR) is 64.1 cm³/mol. The number of morpholine rings is 1. The molecule has 0 aliphatic carbocycles. The number of rotatable bonds is 0. The number of nitrogens with one attached hydrogen (secondary N) is 1. The van der Waals surface area contributed by atoms with Gasteiger partial charge in [0.15, 0.2) is 0 Å². The number of nitrogens with zero attached hydrogens (tertiary/aromatic N) is 1. The molecule has 0 aromatic rings. The Balaban J connectivity index is 1.91. The Bertz CT molecular complexity index is 350. The van der Waals surface area contributed by atoms with Gasteiger partial charge in [0.1, 0.15) is 12.2 Å². The van der Waals surface area contributed by atoms with Crippen LogP contribution >= 0.6 is 0 Å². The Labute approximate surface area is 107 Å². The summed E-state index contributed by atoms with van der Waals surface area (Å²) in [6.07, 6.45) is 0.265. The minimum absolute atomic E-state index is 0.0185. The van der Waals surface area contributed by atoms with Gasteiger partial charge < -0.3 is 19.7 Å². The van der Waals surface area contributed by atoms with Crippen molar-refractivity contribution in [1.82, 2.24) is 10.2 Å². The van der Waals surface area contributed by atoms with Gasteiger partial charge in [-0.3, -0.25) is 4.79 Å². The van der Waals surface area contributed by atoms with E-state index >= 15 is 0 Å². The fourth-order valence-electron chi connectivity index (χ4n) is 2.17. The highest BCUT2D eigenvalue weighted by Crippen LogP contribution is 2.19. The molecule has 6 heteroatoms. The molecule has 0 radical (unpaired) electrons. The fraction of sp³-hybridized carbons (Fsp3) is 0.833. The van der Waals surface area contributed by atoms with Crippen LogP contribution in [0.1, 0.15) is 27.2 Å². The standard InChI is InChI=1S/C12H20N2O4/c1-12(2,3)18-11(16)14-5-4-8-9(6-14)17-7-10(15)13-8/h8-9H,4-7H2,1-3H3,(H,13,15)/t8?,9-/m0/s1. The zero-order chi connectivity index (χ0) is 13.3. The molecule has 2 aliphatic rings. The van der Waals surface area contributed by atoms with Gasteiger partial charge in [0.25, 0.3) is 0 Å². The lowest BCUT2D eigenvalue weighted by atomic mass is 10.0. The van der Waals surface area contributed by atoms with Crippen LogP contribution in [0.15, 0.2) is 0 Å². The second kappa shape index (κ2) is 4.76. The van der Waals surface area contributed by atoms with E-state index in [-0.39, 0.29) is 30.8 Å². The number of likely N-dealkylation sites (tertiary alicyclic amines) is 1. The van der Waals surface area contributed by atoms with Crippen molar-refractivity contribution < 1.29 is 19.1 Å². The maximum absolute atomic E-state index is 11.9. The quantitative estimate of drug-likeness (QED) is 0.685. The SMILES string of the molecule is CC(C)(C)OC(=O)N1CCC2NC(=O)CO[C@H]2C1. The highest BCUT2D eigenvalue weighted by molar-refractivity contribution is 5.78. The fourth-order valence-corrected chi connectivity index (χ4v) is 2.17. The van der Waals surface area contributed by atoms with Gasteiger partial charge in [-0.25, -0.2) is 4.79 Å². The number of carbonyl (C=O) groups is 2. The molecule has 0 aromatic heterocycles. The molecule has 0 saturated carbocycles. The van der Waals surface area contributed by atoms with Crippen molar-refractivity contribution >= 4 is 12.0 Å². The molecule has 1 N–H and O–H groups in total. The molecule has 0 aromatic carbocycles. The third-order valence-electron chi connectivity index (χ3n) is 2.99. The molecule has 2 rings (SSSR count). The van der Waals surface area contributed by atoms with Gasteiger partial charge in [0.2, 0.25) is 5.91 Å². The Morgan fingerprint density at radius 1 is 1.50 bits per heavy atom. The molecule has 18 heavy (non-hydrogen) atoms. The number of ether oxygens (including phenoxy) is 2. The first-order chi connectivity index (χ1) is 8.35. The average Bonchev–Trinajstić information content (AvgIpc) is 2.26. The first-order valence-electron chi connectivity index (χ1n) is 6.24. The van der Waals surface area contributed by atoms with Gasteiger partial charge in [-0.15, -0.1) is 0 Å². The maximum Gasteiger partial charge on any atom is 0.410 e. The van der Waals surface area contributed by atoms with Gasteiger partial charge in [0.05, 0.1) is 18.7 Å². The molecule has 2 amide bonds. The zero-order valence-electron chi connectivity index (χ0n) is 11.1. The van der Waals surface area contributed by atoms with Crippen molar-refractivity contribution in [2.75, 3.05) is 19.7 Å². The van der Waals surface area contributed by atoms with E-state index in [9.17, 15) is 9.59 Å². The van der Waals surface area contributed by atoms with Crippen molar-refractivity contribution in [3.8, 4) is 0 Å². The number of piperidine rings is 1. The van der Waals surface area contributed by atoms with Crippen LogP contribution < -0.4 is 5.32 Å². The molecule has 6 nitrogen and oxygen atoms in total. The topological polar surface area (TPSA) is 67.9 Å². The molecule has 0 bridgehead atoms. The highest BCUT2D eigenvalue weighted by atomic mass is 16.6. The Morgan fingerprint density at radius 2 is 2.22 bits per heavy atom. The Hall–Kier alpha value is -1.30. The molecule has 2 heterocycles. The summed E-state index contributed by atoms with van der Waals surface area (Å²) in [5.41, 5.74) is -0.491. The number of carbonyl (C=O) groups excluding carboxylic acids is 2. The Morgan fingerprint density at radius 3 is 2.89 bits per heavy atom. The van der Waals surface area contributed by atoms with Gasteiger partial charge in [-0.2, -0.15) is 0 Å². The van der Waals surface area contributed by atoms with Crippen molar-refractivity contribution in [3.63, 3.8) is 0 Å². The second-order valence-corrected chi connectivity index (χ2v) is 5.74. The van der Waals surface area contributed by atoms with Crippen molar-refractivity contribution in [2.45, 2.75) is 44.9 Å². The molecule has 2 fully saturated rings. The maximum atomic E-state index is 11.9. The lowest BCUT2D eigenvalue weighted by molar-refractivity contribution is -0.140. The smallest absolute Gasteiger partial charge is 0.410 e. The van der Waals surface area contributed by atoms with E-state index in [0.717, 1.165) is 0 Å². The van der Waals surface area contributed by atoms with E-state index in [1.807, 2.05) is 20.8 Å². The summed E-state index contributed by atoms with van der Waals surface area (Å²) in [6.45, 7) is 6.65. The molecule has 2 aliphatic heterocycles. The summed E-state index contributed by atoms with van der Waals surface area (Å²) in [5.74, 6) is -0.0815. The van der Waals surface area contributed by atoms with Crippen LogP contribution in [-0.4, -0.2) is 54.3 Å². The summed E-state index contributed by atoms with van der Waals surface area (Å²) in [6, 6.07) is 0.0185. The minimum atomic E-state index is -0.491. The van der Waals surface area contributed by atoms with Crippen LogP contribution in [0, 0.1) is 0 Å². The number of hydrogen-bond donors (Lipinski definition) is 1. The van der Waals surface area contributed by atoms with Crippen LogP contribution in [-0.2, 0) is 14.3 Å². The van der Waals surface area contributed by atoms with Crippen molar-refractivity contribution in [3.05, 3.63) is 0 Å². The van der Waals surface area contributed by atoms with E-state index in [1.165, 1.54) is 0 Å². The summed E-state index contributed by atoms with van der Waals surface area (Å²) >= 11 is 0. The van der Waals surface area contributed by atoms with Gasteiger partial charge in [-0.05, 0) is 27.2 Å². The average molecular weight is 256 g/mol. The van der Waals surface area contributed by atoms with Crippen LogP contribution in [0.3, 0.4) is 0 Å². The van der Waals surface area contributed by atoms with Crippen LogP contribution in [0.4, 0.5) is 4.79 Å². The number of fused-ring (bicyclic) bond motifs is 1. The van der Waals surface area contributed by atoms with E-state index in [4.69, 9.17) is 9.47 Å². The number of amides is 2. The van der Waals surface area contributed by atoms with Crippen LogP contribution in [0.5, 0.6) is 0 Å². The van der Waals surface area contributed by atoms with Gasteiger partial charge in [-0.1, -0.05) is 0 Å². The second-order valence-electron chi connectivity index (χ2n) is 5.74. The van der Waals surface area contributed by atoms with Gasteiger partial charge in [0, 0.05) is 6.54 Å². The molecule has 102 valence electrons. The van der Waals surface area contributed by atoms with Gasteiger partial charge >= 0.3 is 6.09 Å². The van der Waals surface area contributed by atoms with E-state index in [0.29, 0.717) is 19.5 Å². The van der Waals surface area contributed by atoms with E-state index < -0.39 is 5.60 Å². The van der Waals surface area contributed by atoms with Crippen LogP contribution in [0.25, 0.3) is 0 Å². The molecule has 0 spiro atoms. The largest absolute Gasteiger partial charge is 0.444 e. The van der Waals surface area contributed by atoms with Crippen molar-refractivity contribution in [2.24, 2.45) is 0 Å². The Kier molecular flexibility index (Phi) is 3.47. The number of hydrogen-bond acceptors (Lipinski definition) is 4. The lowest BCUT2D eigenvalue weighted by Gasteiger charge is -2.41. The molecular formula is C12H20N2O4. The third-order valence-corrected chi connectivity index (χ3v) is 2.99. The van der Waals surface area contributed by atoms with E-state index in [1.54, 1.807) is 4.90 Å². The summed E-state index contributed by atoms with van der Waals surface area (Å²) in [5, 5.41) is 2.88. The highest BCUT2D eigenvalue weighted by Gasteiger charge is 2.37. The summed E-state index contributed by atoms with van der Waals surface area (Å²) in [4.78, 5) is 24.7. The van der Waals surface area contributed by atoms with Crippen molar-refractivity contribution in [1.29, 1.82) is 0 Å². The van der Waals surface area contributed by atoms with E-state index in [2.05, 4.69) is 5.32 Å². The zero-order valence-corrected chi connectivity index (χ0v) is 11.1. The molecule has 2 atom stereocenters. The van der Waals surface area contributed by atoms with Crippen LogP contribution in [0.2, 0.25) is 0 Å². The molecule has 1 unspecified atom stereocenters. The summed E-state index contributed by atoms with van der Waals surface area (Å²) < 4.78 is 10.8. The monoisotopic (exact) mass is 256 g/mol.